The summed E-state index contributed by atoms with van der Waals surface area (Å²) >= 11 is 0. The third kappa shape index (κ3) is 5.19. The Morgan fingerprint density at radius 3 is 2.39 bits per heavy atom. The first-order valence-corrected chi connectivity index (χ1v) is 7.31. The van der Waals surface area contributed by atoms with Crippen LogP contribution in [0.5, 0.6) is 0 Å². The van der Waals surface area contributed by atoms with Crippen LogP contribution in [-0.2, 0) is 22.7 Å². The molecule has 0 saturated carbocycles. The molecule has 0 radical (unpaired) electrons. The first kappa shape index (κ1) is 16.6. The maximum Gasteiger partial charge on any atom is 0.312 e. The van der Waals surface area contributed by atoms with Crippen LogP contribution in [0.2, 0.25) is 0 Å². The van der Waals surface area contributed by atoms with E-state index in [1.807, 2.05) is 30.3 Å². The molecule has 0 spiro atoms. The Morgan fingerprint density at radius 1 is 1.04 bits per heavy atom. The molecule has 0 aliphatic heterocycles. The Hall–Kier alpha value is -2.73. The van der Waals surface area contributed by atoms with Crippen LogP contribution < -0.4 is 5.32 Å². The van der Waals surface area contributed by atoms with E-state index in [1.165, 1.54) is 4.90 Å². The quantitative estimate of drug-likeness (QED) is 0.770. The first-order chi connectivity index (χ1) is 11.2. The van der Waals surface area contributed by atoms with Gasteiger partial charge in [-0.1, -0.05) is 30.3 Å². The number of nitrogens with one attached hydrogen (secondary N) is 1. The highest BCUT2D eigenvalue weighted by Gasteiger charge is 2.21. The molecule has 1 heterocycles. The predicted molar refractivity (Wildman–Crippen MR) is 85.0 cm³/mol. The predicted octanol–water partition coefficient (Wildman–Crippen LogP) is 0.719. The smallest absolute Gasteiger partial charge is 0.312 e. The lowest BCUT2D eigenvalue weighted by Crippen LogP contribution is -2.43. The van der Waals surface area contributed by atoms with E-state index in [9.17, 15) is 9.59 Å². The third-order valence-electron chi connectivity index (χ3n) is 3.27. The second kappa shape index (κ2) is 8.65. The van der Waals surface area contributed by atoms with Crippen molar-refractivity contribution in [1.29, 1.82) is 0 Å². The van der Waals surface area contributed by atoms with Gasteiger partial charge in [0.15, 0.2) is 0 Å². The highest BCUT2D eigenvalue weighted by atomic mass is 16.3. The topological polar surface area (TPSA) is 82.5 Å². The van der Waals surface area contributed by atoms with Gasteiger partial charge >= 0.3 is 11.8 Å². The van der Waals surface area contributed by atoms with Gasteiger partial charge in [0.2, 0.25) is 0 Å². The van der Waals surface area contributed by atoms with Crippen LogP contribution in [-0.4, -0.2) is 40.0 Å². The van der Waals surface area contributed by atoms with Crippen LogP contribution in [0.15, 0.2) is 54.9 Å². The van der Waals surface area contributed by atoms with Gasteiger partial charge < -0.3 is 15.3 Å². The molecule has 0 bridgehead atoms. The molecule has 2 amide bonds. The Labute approximate surface area is 134 Å². The maximum atomic E-state index is 12.2. The van der Waals surface area contributed by atoms with E-state index in [4.69, 9.17) is 5.11 Å². The fourth-order valence-corrected chi connectivity index (χ4v) is 2.08. The molecule has 1 aromatic carbocycles. The van der Waals surface area contributed by atoms with Gasteiger partial charge in [-0.3, -0.25) is 14.6 Å². The van der Waals surface area contributed by atoms with Crippen LogP contribution in [0.4, 0.5) is 0 Å². The van der Waals surface area contributed by atoms with Crippen molar-refractivity contribution in [2.75, 3.05) is 13.2 Å². The number of benzene rings is 1. The molecular weight excluding hydrogens is 294 g/mol. The van der Waals surface area contributed by atoms with Gasteiger partial charge in [-0.05, 0) is 23.3 Å². The van der Waals surface area contributed by atoms with Crippen LogP contribution in [0, 0.1) is 0 Å². The summed E-state index contributed by atoms with van der Waals surface area (Å²) in [5.74, 6) is -1.34. The van der Waals surface area contributed by atoms with E-state index >= 15 is 0 Å². The Bertz CT molecular complexity index is 632. The number of aliphatic hydroxyl groups is 1. The monoisotopic (exact) mass is 313 g/mol. The first-order valence-electron chi connectivity index (χ1n) is 7.31. The second-order valence-electron chi connectivity index (χ2n) is 4.97. The molecule has 1 aromatic heterocycles. The highest BCUT2D eigenvalue weighted by molar-refractivity contribution is 6.34. The van der Waals surface area contributed by atoms with E-state index in [2.05, 4.69) is 10.3 Å². The van der Waals surface area contributed by atoms with Gasteiger partial charge in [0.25, 0.3) is 0 Å². The van der Waals surface area contributed by atoms with Gasteiger partial charge in [-0.15, -0.1) is 0 Å². The van der Waals surface area contributed by atoms with Gasteiger partial charge in [0.1, 0.15) is 0 Å². The van der Waals surface area contributed by atoms with Crippen molar-refractivity contribution in [2.45, 2.75) is 13.1 Å². The second-order valence-corrected chi connectivity index (χ2v) is 4.97. The molecule has 0 saturated heterocycles. The fraction of sp³-hybridized carbons (Fsp3) is 0.235. The standard InChI is InChI=1S/C17H19N3O3/c21-11-10-20(13-15-4-2-1-3-5-15)17(23)16(22)19-12-14-6-8-18-9-7-14/h1-9,21H,10-13H2,(H,19,22). The average molecular weight is 313 g/mol. The average Bonchev–Trinajstić information content (AvgIpc) is 2.60. The van der Waals surface area contributed by atoms with Crippen LogP contribution in [0.1, 0.15) is 11.1 Å². The van der Waals surface area contributed by atoms with Gasteiger partial charge in [-0.25, -0.2) is 0 Å². The number of aromatic nitrogens is 1. The minimum absolute atomic E-state index is 0.108. The molecule has 6 heteroatoms. The van der Waals surface area contributed by atoms with Crippen molar-refractivity contribution < 1.29 is 14.7 Å². The van der Waals surface area contributed by atoms with Gasteiger partial charge in [0, 0.05) is 32.0 Å². The summed E-state index contributed by atoms with van der Waals surface area (Å²) in [5.41, 5.74) is 1.76. The van der Waals surface area contributed by atoms with E-state index < -0.39 is 11.8 Å². The number of amides is 2. The van der Waals surface area contributed by atoms with Crippen molar-refractivity contribution in [3.63, 3.8) is 0 Å². The van der Waals surface area contributed by atoms with Crippen LogP contribution in [0.3, 0.4) is 0 Å². The molecule has 2 aromatic rings. The van der Waals surface area contributed by atoms with E-state index in [0.717, 1.165) is 11.1 Å². The number of nitrogens with zero attached hydrogens (tertiary/aromatic N) is 2. The minimum Gasteiger partial charge on any atom is -0.395 e. The summed E-state index contributed by atoms with van der Waals surface area (Å²) in [6.45, 7) is 0.445. The lowest BCUT2D eigenvalue weighted by Gasteiger charge is -2.21. The lowest BCUT2D eigenvalue weighted by atomic mass is 10.2. The number of hydrogen-bond donors (Lipinski definition) is 2. The molecule has 2 N–H and O–H groups in total. The molecule has 6 nitrogen and oxygen atoms in total. The molecule has 0 aliphatic carbocycles. The maximum absolute atomic E-state index is 12.2. The molecule has 0 aliphatic rings. The number of rotatable bonds is 6. The minimum atomic E-state index is -0.689. The number of aliphatic hydroxyl groups excluding tert-OH is 1. The molecule has 120 valence electrons. The van der Waals surface area contributed by atoms with Crippen molar-refractivity contribution in [3.05, 3.63) is 66.0 Å². The Kier molecular flexibility index (Phi) is 6.26. The summed E-state index contributed by atoms with van der Waals surface area (Å²) in [6.07, 6.45) is 3.24. The summed E-state index contributed by atoms with van der Waals surface area (Å²) in [7, 11) is 0. The van der Waals surface area contributed by atoms with E-state index in [0.29, 0.717) is 0 Å². The number of hydrogen-bond acceptors (Lipinski definition) is 4. The van der Waals surface area contributed by atoms with E-state index in [-0.39, 0.29) is 26.2 Å². The van der Waals surface area contributed by atoms with Crippen molar-refractivity contribution in [2.24, 2.45) is 0 Å². The van der Waals surface area contributed by atoms with Crippen LogP contribution in [0.25, 0.3) is 0 Å². The number of pyridine rings is 1. The zero-order chi connectivity index (χ0) is 16.5. The van der Waals surface area contributed by atoms with Crippen molar-refractivity contribution >= 4 is 11.8 Å². The Balaban J connectivity index is 1.95. The zero-order valence-corrected chi connectivity index (χ0v) is 12.7. The van der Waals surface area contributed by atoms with Crippen molar-refractivity contribution in [1.82, 2.24) is 15.2 Å². The molecule has 0 fully saturated rings. The summed E-state index contributed by atoms with van der Waals surface area (Å²) in [6, 6.07) is 12.9. The molecule has 0 unspecified atom stereocenters. The number of carbonyl (C=O) groups excluding carboxylic acids is 2. The molecule has 23 heavy (non-hydrogen) atoms. The summed E-state index contributed by atoms with van der Waals surface area (Å²) < 4.78 is 0. The Morgan fingerprint density at radius 2 is 1.74 bits per heavy atom. The van der Waals surface area contributed by atoms with E-state index in [1.54, 1.807) is 24.5 Å². The largest absolute Gasteiger partial charge is 0.395 e. The summed E-state index contributed by atoms with van der Waals surface area (Å²) in [4.78, 5) is 29.5. The lowest BCUT2D eigenvalue weighted by molar-refractivity contribution is -0.146. The van der Waals surface area contributed by atoms with Gasteiger partial charge in [0.05, 0.1) is 6.61 Å². The van der Waals surface area contributed by atoms with Gasteiger partial charge in [-0.2, -0.15) is 0 Å². The SMILES string of the molecule is O=C(NCc1ccncc1)C(=O)N(CCO)Cc1ccccc1. The third-order valence-corrected chi connectivity index (χ3v) is 3.27. The molecular formula is C17H19N3O3. The summed E-state index contributed by atoms with van der Waals surface area (Å²) in [5, 5.41) is 11.7. The molecule has 0 atom stereocenters. The van der Waals surface area contributed by atoms with Crippen molar-refractivity contribution in [3.8, 4) is 0 Å². The number of carbonyl (C=O) groups is 2. The fourth-order valence-electron chi connectivity index (χ4n) is 2.08. The zero-order valence-electron chi connectivity index (χ0n) is 12.7. The van der Waals surface area contributed by atoms with Crippen LogP contribution >= 0.6 is 0 Å². The highest BCUT2D eigenvalue weighted by Crippen LogP contribution is 2.05. The molecule has 2 rings (SSSR count). The normalized spacial score (nSPS) is 10.1.